The molecule has 0 atom stereocenters. The number of hydrogen-bond donors (Lipinski definition) is 2. The minimum atomic E-state index is 0.401. The van der Waals surface area contributed by atoms with E-state index >= 15 is 0 Å². The maximum absolute atomic E-state index is 5.98. The van der Waals surface area contributed by atoms with Crippen LogP contribution in [0, 0.1) is 0 Å². The van der Waals surface area contributed by atoms with E-state index in [1.807, 2.05) is 18.2 Å². The molecule has 17 heavy (non-hydrogen) atoms. The molecule has 0 radical (unpaired) electrons. The van der Waals surface area contributed by atoms with Crippen molar-refractivity contribution in [2.45, 2.75) is 44.3 Å². The zero-order chi connectivity index (χ0) is 12.3. The van der Waals surface area contributed by atoms with E-state index in [0.717, 1.165) is 19.4 Å². The Kier molecular flexibility index (Phi) is 4.69. The second-order valence-electron chi connectivity index (χ2n) is 4.74. The summed E-state index contributed by atoms with van der Waals surface area (Å²) in [6.45, 7) is 0.844. The Balaban J connectivity index is 1.83. The van der Waals surface area contributed by atoms with Gasteiger partial charge >= 0.3 is 0 Å². The Morgan fingerprint density at radius 2 is 1.82 bits per heavy atom. The lowest BCUT2D eigenvalue weighted by atomic mass is 9.92. The summed E-state index contributed by atoms with van der Waals surface area (Å²) in [7, 11) is 0. The van der Waals surface area contributed by atoms with E-state index in [1.54, 1.807) is 0 Å². The molecule has 2 rings (SSSR count). The molecule has 4 heteroatoms. The molecule has 1 aliphatic rings. The standard InChI is InChI=1S/C13H18Cl2N2/c14-12-6-1-9(7-13(12)15)8-17-11-4-2-10(16)3-5-11/h1,6-7,10-11,17H,2-5,8,16H2. The quantitative estimate of drug-likeness (QED) is 0.886. The van der Waals surface area contributed by atoms with Gasteiger partial charge in [-0.25, -0.2) is 0 Å². The van der Waals surface area contributed by atoms with Crippen molar-refractivity contribution in [2.24, 2.45) is 5.73 Å². The summed E-state index contributed by atoms with van der Waals surface area (Å²) in [5.41, 5.74) is 7.06. The van der Waals surface area contributed by atoms with Gasteiger partial charge in [0.1, 0.15) is 0 Å². The van der Waals surface area contributed by atoms with Gasteiger partial charge in [0.05, 0.1) is 10.0 Å². The second kappa shape index (κ2) is 6.05. The Labute approximate surface area is 112 Å². The molecule has 2 nitrogen and oxygen atoms in total. The minimum Gasteiger partial charge on any atom is -0.328 e. The minimum absolute atomic E-state index is 0.401. The van der Waals surface area contributed by atoms with E-state index in [4.69, 9.17) is 28.9 Å². The first-order valence-corrected chi connectivity index (χ1v) is 6.83. The number of nitrogens with two attached hydrogens (primary N) is 1. The van der Waals surface area contributed by atoms with Gasteiger partial charge in [0.2, 0.25) is 0 Å². The van der Waals surface area contributed by atoms with Gasteiger partial charge in [-0.3, -0.25) is 0 Å². The fourth-order valence-electron chi connectivity index (χ4n) is 2.24. The van der Waals surface area contributed by atoms with E-state index in [-0.39, 0.29) is 0 Å². The molecule has 1 aromatic rings. The Bertz CT molecular complexity index is 374. The van der Waals surface area contributed by atoms with Crippen LogP contribution in [0.1, 0.15) is 31.2 Å². The molecule has 0 aliphatic heterocycles. The van der Waals surface area contributed by atoms with Crippen LogP contribution in [0.3, 0.4) is 0 Å². The van der Waals surface area contributed by atoms with Crippen molar-refractivity contribution < 1.29 is 0 Å². The molecule has 1 fully saturated rings. The summed E-state index contributed by atoms with van der Waals surface area (Å²) in [5.74, 6) is 0. The van der Waals surface area contributed by atoms with Gasteiger partial charge in [-0.2, -0.15) is 0 Å². The first-order chi connectivity index (χ1) is 8.15. The molecule has 1 aliphatic carbocycles. The summed E-state index contributed by atoms with van der Waals surface area (Å²) in [6.07, 6.45) is 4.59. The molecule has 0 spiro atoms. The smallest absolute Gasteiger partial charge is 0.0595 e. The number of halogens is 2. The lowest BCUT2D eigenvalue weighted by molar-refractivity contribution is 0.342. The summed E-state index contributed by atoms with van der Waals surface area (Å²) in [4.78, 5) is 0. The third kappa shape index (κ3) is 3.85. The van der Waals surface area contributed by atoms with Crippen LogP contribution in [-0.4, -0.2) is 12.1 Å². The molecule has 94 valence electrons. The van der Waals surface area contributed by atoms with Crippen molar-refractivity contribution in [3.05, 3.63) is 33.8 Å². The van der Waals surface area contributed by atoms with Gasteiger partial charge in [0, 0.05) is 18.6 Å². The van der Waals surface area contributed by atoms with Gasteiger partial charge in [-0.05, 0) is 43.4 Å². The van der Waals surface area contributed by atoms with Crippen molar-refractivity contribution >= 4 is 23.2 Å². The van der Waals surface area contributed by atoms with E-state index in [2.05, 4.69) is 5.32 Å². The second-order valence-corrected chi connectivity index (χ2v) is 5.56. The van der Waals surface area contributed by atoms with E-state index in [1.165, 1.54) is 18.4 Å². The molecule has 3 N–H and O–H groups in total. The molecule has 0 amide bonds. The lowest BCUT2D eigenvalue weighted by Crippen LogP contribution is -2.37. The summed E-state index contributed by atoms with van der Waals surface area (Å²) < 4.78 is 0. The van der Waals surface area contributed by atoms with E-state index < -0.39 is 0 Å². The highest BCUT2D eigenvalue weighted by Crippen LogP contribution is 2.23. The van der Waals surface area contributed by atoms with Crippen LogP contribution < -0.4 is 11.1 Å². The maximum Gasteiger partial charge on any atom is 0.0595 e. The van der Waals surface area contributed by atoms with Gasteiger partial charge in [0.25, 0.3) is 0 Å². The largest absolute Gasteiger partial charge is 0.328 e. The highest BCUT2D eigenvalue weighted by Gasteiger charge is 2.17. The van der Waals surface area contributed by atoms with Gasteiger partial charge < -0.3 is 11.1 Å². The molecule has 0 bridgehead atoms. The first-order valence-electron chi connectivity index (χ1n) is 6.08. The van der Waals surface area contributed by atoms with Crippen LogP contribution in [0.5, 0.6) is 0 Å². The van der Waals surface area contributed by atoms with Gasteiger partial charge in [0.15, 0.2) is 0 Å². The van der Waals surface area contributed by atoms with Crippen LogP contribution in [0.15, 0.2) is 18.2 Å². The Morgan fingerprint density at radius 3 is 2.47 bits per heavy atom. The third-order valence-electron chi connectivity index (χ3n) is 3.35. The zero-order valence-corrected chi connectivity index (χ0v) is 11.3. The van der Waals surface area contributed by atoms with Crippen molar-refractivity contribution in [1.29, 1.82) is 0 Å². The molecular formula is C13H18Cl2N2. The molecule has 1 aromatic carbocycles. The van der Waals surface area contributed by atoms with Crippen molar-refractivity contribution in [3.8, 4) is 0 Å². The predicted octanol–water partition coefficient (Wildman–Crippen LogP) is 3.35. The van der Waals surface area contributed by atoms with Crippen LogP contribution in [-0.2, 0) is 6.54 Å². The Hall–Kier alpha value is -0.280. The SMILES string of the molecule is NC1CCC(NCc2ccc(Cl)c(Cl)c2)CC1. The van der Waals surface area contributed by atoms with Crippen LogP contribution in [0.4, 0.5) is 0 Å². The summed E-state index contributed by atoms with van der Waals surface area (Å²) in [6, 6.07) is 6.76. The molecule has 0 aromatic heterocycles. The first kappa shape index (κ1) is 13.2. The highest BCUT2D eigenvalue weighted by atomic mass is 35.5. The van der Waals surface area contributed by atoms with E-state index in [9.17, 15) is 0 Å². The number of rotatable bonds is 3. The zero-order valence-electron chi connectivity index (χ0n) is 9.76. The fraction of sp³-hybridized carbons (Fsp3) is 0.538. The van der Waals surface area contributed by atoms with Crippen LogP contribution >= 0.6 is 23.2 Å². The average molecular weight is 273 g/mol. The van der Waals surface area contributed by atoms with Gasteiger partial charge in [-0.1, -0.05) is 29.3 Å². The molecule has 0 heterocycles. The number of hydrogen-bond acceptors (Lipinski definition) is 2. The highest BCUT2D eigenvalue weighted by molar-refractivity contribution is 6.42. The van der Waals surface area contributed by atoms with E-state index in [0.29, 0.717) is 22.1 Å². The third-order valence-corrected chi connectivity index (χ3v) is 4.09. The summed E-state index contributed by atoms with van der Waals surface area (Å²) in [5, 5.41) is 4.78. The average Bonchev–Trinajstić information content (AvgIpc) is 2.33. The monoisotopic (exact) mass is 272 g/mol. The number of nitrogens with one attached hydrogen (secondary N) is 1. The molecule has 0 unspecified atom stereocenters. The predicted molar refractivity (Wildman–Crippen MR) is 73.5 cm³/mol. The van der Waals surface area contributed by atoms with Crippen molar-refractivity contribution in [1.82, 2.24) is 5.32 Å². The molecule has 1 saturated carbocycles. The topological polar surface area (TPSA) is 38.0 Å². The van der Waals surface area contributed by atoms with Gasteiger partial charge in [-0.15, -0.1) is 0 Å². The van der Waals surface area contributed by atoms with Crippen molar-refractivity contribution in [2.75, 3.05) is 0 Å². The summed E-state index contributed by atoms with van der Waals surface area (Å²) >= 11 is 11.9. The molecule has 0 saturated heterocycles. The lowest BCUT2D eigenvalue weighted by Gasteiger charge is -2.27. The fourth-order valence-corrected chi connectivity index (χ4v) is 2.56. The van der Waals surface area contributed by atoms with Crippen molar-refractivity contribution in [3.63, 3.8) is 0 Å². The normalized spacial score (nSPS) is 24.9. The maximum atomic E-state index is 5.98. The number of benzene rings is 1. The van der Waals surface area contributed by atoms with Crippen LogP contribution in [0.2, 0.25) is 10.0 Å². The molecular weight excluding hydrogens is 255 g/mol. The Morgan fingerprint density at radius 1 is 1.12 bits per heavy atom. The van der Waals surface area contributed by atoms with Crippen LogP contribution in [0.25, 0.3) is 0 Å².